The molecule has 4 aliphatic rings. The second-order valence-corrected chi connectivity index (χ2v) is 23.7. The van der Waals surface area contributed by atoms with Crippen molar-refractivity contribution in [2.45, 2.75) is 62.7 Å². The Kier molecular flexibility index (Phi) is 5.99. The van der Waals surface area contributed by atoms with Gasteiger partial charge in [-0.2, -0.15) is 0 Å². The molecule has 2 heteroatoms. The normalized spacial score (nSPS) is 27.4. The van der Waals surface area contributed by atoms with Crippen LogP contribution < -0.4 is 8.96 Å². The number of hydrogen-bond acceptors (Lipinski definition) is 0. The molecule has 182 valence electrons. The molecule has 1 aromatic heterocycles. The molecule has 0 unspecified atom stereocenters. The predicted molar refractivity (Wildman–Crippen MR) is 150 cm³/mol. The molecular weight excluding hydrogens is 483 g/mol. The summed E-state index contributed by atoms with van der Waals surface area (Å²) in [6.45, 7) is 2.23. The molecule has 0 atom stereocenters. The van der Waals surface area contributed by atoms with Crippen LogP contribution in [0.2, 0.25) is 17.3 Å². The van der Waals surface area contributed by atoms with E-state index in [1.807, 2.05) is 0 Å². The van der Waals surface area contributed by atoms with Crippen LogP contribution in [0.1, 0.15) is 43.2 Å². The van der Waals surface area contributed by atoms with Gasteiger partial charge in [-0.05, 0) is 0 Å². The van der Waals surface area contributed by atoms with Crippen molar-refractivity contribution in [2.75, 3.05) is 0 Å². The summed E-state index contributed by atoms with van der Waals surface area (Å²) in [5.41, 5.74) is 8.39. The minimum absolute atomic E-state index is 0.942. The SMILES string of the molecule is Cc1ccccc1-c1cc(-c2ccc(CC3C4CC5CC(C4)CC3C5)cc2)[c]([Ge]([CH3])([CH3])[CH3])c[n+]1C. The number of nitrogens with zero attached hydrogens (tertiary/aromatic N) is 1. The maximum absolute atomic E-state index is 2.52. The van der Waals surface area contributed by atoms with Gasteiger partial charge in [0.2, 0.25) is 0 Å². The zero-order valence-corrected chi connectivity index (χ0v) is 24.4. The first-order valence-corrected chi connectivity index (χ1v) is 21.3. The van der Waals surface area contributed by atoms with Crippen molar-refractivity contribution in [2.24, 2.45) is 36.6 Å². The third-order valence-electron chi connectivity index (χ3n) is 9.66. The summed E-state index contributed by atoms with van der Waals surface area (Å²) >= 11 is -2.08. The molecule has 4 fully saturated rings. The summed E-state index contributed by atoms with van der Waals surface area (Å²) in [4.78, 5) is 0. The van der Waals surface area contributed by atoms with Gasteiger partial charge in [0.15, 0.2) is 0 Å². The van der Waals surface area contributed by atoms with Crippen LogP contribution in [0.3, 0.4) is 0 Å². The molecule has 0 N–H and O–H groups in total. The van der Waals surface area contributed by atoms with Crippen molar-refractivity contribution in [3.05, 3.63) is 71.9 Å². The van der Waals surface area contributed by atoms with Crippen molar-refractivity contribution in [1.29, 1.82) is 0 Å². The van der Waals surface area contributed by atoms with Crippen LogP contribution in [0.5, 0.6) is 0 Å². The Morgan fingerprint density at radius 3 is 2.03 bits per heavy atom. The molecule has 0 radical (unpaired) electrons. The molecule has 3 aromatic rings. The first-order valence-electron chi connectivity index (χ1n) is 14.0. The topological polar surface area (TPSA) is 3.88 Å². The number of rotatable bonds is 5. The standard InChI is InChI=1S/C33H42GeN/c1-22-8-6-7-9-29(22)33-20-31(32(21-35(33)5)34(2,3)4)26-12-10-23(11-13-26)19-30-27-15-24-14-25(17-27)18-28(30)16-24/h6-13,20-21,24-25,27-28,30H,14-19H2,1-5H3/q+1. The van der Waals surface area contributed by atoms with Crippen molar-refractivity contribution in [3.63, 3.8) is 0 Å². The van der Waals surface area contributed by atoms with Crippen molar-refractivity contribution >= 4 is 17.7 Å². The molecule has 2 aromatic carbocycles. The molecule has 0 spiro atoms. The Morgan fingerprint density at radius 2 is 1.43 bits per heavy atom. The fourth-order valence-electron chi connectivity index (χ4n) is 8.08. The van der Waals surface area contributed by atoms with E-state index in [2.05, 4.69) is 96.6 Å². The van der Waals surface area contributed by atoms with Gasteiger partial charge in [0, 0.05) is 0 Å². The van der Waals surface area contributed by atoms with Crippen LogP contribution in [0.25, 0.3) is 22.4 Å². The number of pyridine rings is 1. The van der Waals surface area contributed by atoms with Crippen molar-refractivity contribution in [3.8, 4) is 22.4 Å². The third-order valence-corrected chi connectivity index (χ3v) is 13.9. The summed E-state index contributed by atoms with van der Waals surface area (Å²) < 4.78 is 3.96. The number of hydrogen-bond donors (Lipinski definition) is 0. The van der Waals surface area contributed by atoms with Crippen LogP contribution in [-0.2, 0) is 13.5 Å². The molecule has 4 saturated carbocycles. The molecule has 0 amide bonds. The first kappa shape index (κ1) is 23.5. The maximum atomic E-state index is 2.52. The Morgan fingerprint density at radius 1 is 0.800 bits per heavy atom. The Balaban J connectivity index is 1.33. The van der Waals surface area contributed by atoms with Gasteiger partial charge in [-0.25, -0.2) is 0 Å². The van der Waals surface area contributed by atoms with Crippen LogP contribution >= 0.6 is 0 Å². The van der Waals surface area contributed by atoms with Gasteiger partial charge in [0.1, 0.15) is 0 Å². The second-order valence-electron chi connectivity index (χ2n) is 13.2. The summed E-state index contributed by atoms with van der Waals surface area (Å²) in [5, 5.41) is 0. The van der Waals surface area contributed by atoms with Gasteiger partial charge in [-0.1, -0.05) is 0 Å². The van der Waals surface area contributed by atoms with E-state index in [4.69, 9.17) is 0 Å². The summed E-state index contributed by atoms with van der Waals surface area (Å²) in [6.07, 6.45) is 11.4. The van der Waals surface area contributed by atoms with E-state index < -0.39 is 13.3 Å². The quantitative estimate of drug-likeness (QED) is 0.243. The number of aryl methyl sites for hydroxylation is 2. The van der Waals surface area contributed by atoms with Gasteiger partial charge in [-0.15, -0.1) is 0 Å². The Bertz CT molecular complexity index is 1200. The van der Waals surface area contributed by atoms with E-state index in [9.17, 15) is 0 Å². The number of aromatic nitrogens is 1. The van der Waals surface area contributed by atoms with Gasteiger partial charge >= 0.3 is 216 Å². The first-order chi connectivity index (χ1) is 16.8. The molecule has 1 heterocycles. The van der Waals surface area contributed by atoms with Crippen LogP contribution in [0.4, 0.5) is 0 Å². The van der Waals surface area contributed by atoms with E-state index in [0.29, 0.717) is 0 Å². The van der Waals surface area contributed by atoms with E-state index in [0.717, 1.165) is 29.6 Å². The summed E-state index contributed by atoms with van der Waals surface area (Å²) in [7, 11) is 2.22. The van der Waals surface area contributed by atoms with Crippen LogP contribution in [0, 0.1) is 36.5 Å². The van der Waals surface area contributed by atoms with E-state index in [1.54, 1.807) is 16.4 Å². The zero-order valence-electron chi connectivity index (χ0n) is 22.4. The fourth-order valence-corrected chi connectivity index (χ4v) is 11.4. The number of benzene rings is 2. The van der Waals surface area contributed by atoms with E-state index in [-0.39, 0.29) is 0 Å². The monoisotopic (exact) mass is 526 g/mol. The Labute approximate surface area is 215 Å². The van der Waals surface area contributed by atoms with Crippen molar-refractivity contribution < 1.29 is 4.57 Å². The molecular formula is C33H42GeN+. The molecule has 0 saturated heterocycles. The average molecular weight is 525 g/mol. The van der Waals surface area contributed by atoms with E-state index in [1.165, 1.54) is 60.1 Å². The summed E-state index contributed by atoms with van der Waals surface area (Å²) in [5.74, 6) is 12.7. The van der Waals surface area contributed by atoms with Crippen LogP contribution in [-0.4, -0.2) is 13.3 Å². The molecule has 1 nitrogen and oxygen atoms in total. The van der Waals surface area contributed by atoms with E-state index >= 15 is 0 Å². The van der Waals surface area contributed by atoms with Gasteiger partial charge in [0.05, 0.1) is 0 Å². The molecule has 4 aliphatic carbocycles. The Hall–Kier alpha value is -1.87. The third kappa shape index (κ3) is 4.43. The summed E-state index contributed by atoms with van der Waals surface area (Å²) in [6, 6.07) is 21.0. The van der Waals surface area contributed by atoms with Gasteiger partial charge in [0.25, 0.3) is 0 Å². The predicted octanol–water partition coefficient (Wildman–Crippen LogP) is 7.31. The molecule has 7 rings (SSSR count). The molecule has 35 heavy (non-hydrogen) atoms. The van der Waals surface area contributed by atoms with Gasteiger partial charge < -0.3 is 0 Å². The molecule has 4 bridgehead atoms. The zero-order chi connectivity index (χ0) is 24.3. The van der Waals surface area contributed by atoms with Crippen LogP contribution in [0.15, 0.2) is 60.8 Å². The fraction of sp³-hybridized carbons (Fsp3) is 0.485. The average Bonchev–Trinajstić information content (AvgIpc) is 2.81. The second kappa shape index (κ2) is 8.91. The minimum atomic E-state index is -2.08. The molecule has 0 aliphatic heterocycles. The van der Waals surface area contributed by atoms with Crippen molar-refractivity contribution in [1.82, 2.24) is 0 Å². The van der Waals surface area contributed by atoms with Gasteiger partial charge in [-0.3, -0.25) is 0 Å².